The molecule has 50 heavy (non-hydrogen) atoms. The van der Waals surface area contributed by atoms with Crippen molar-refractivity contribution in [3.63, 3.8) is 0 Å². The van der Waals surface area contributed by atoms with Crippen LogP contribution >= 0.6 is 11.3 Å². The molecule has 5 heterocycles. The first kappa shape index (κ1) is 37.0. The third-order valence-corrected chi connectivity index (χ3v) is 12.1. The number of thiazole rings is 1. The lowest BCUT2D eigenvalue weighted by atomic mass is 9.70. The molecule has 1 N–H and O–H groups in total. The number of nitrogens with zero attached hydrogens (tertiary/aromatic N) is 4. The van der Waals surface area contributed by atoms with Gasteiger partial charge in [0.15, 0.2) is 0 Å². The zero-order chi connectivity index (χ0) is 35.8. The van der Waals surface area contributed by atoms with Gasteiger partial charge in [-0.2, -0.15) is 0 Å². The molecule has 0 bridgehead atoms. The molecule has 1 spiro atoms. The number of amides is 4. The summed E-state index contributed by atoms with van der Waals surface area (Å²) in [6.07, 6.45) is -0.603. The largest absolute Gasteiger partial charge is 0.522 e. The molecule has 1 aromatic heterocycles. The highest BCUT2D eigenvalue weighted by Gasteiger charge is 2.62. The van der Waals surface area contributed by atoms with Crippen molar-refractivity contribution in [2.24, 2.45) is 34.5 Å². The summed E-state index contributed by atoms with van der Waals surface area (Å²) in [6, 6.07) is -1.11. The van der Waals surface area contributed by atoms with Crippen LogP contribution in [0.15, 0.2) is 11.7 Å². The maximum absolute atomic E-state index is 14.4. The average molecular weight is 728 g/mol. The average Bonchev–Trinajstić information content (AvgIpc) is 3.43. The van der Waals surface area contributed by atoms with Gasteiger partial charge in [0.1, 0.15) is 10.9 Å². The Bertz CT molecular complexity index is 1400. The topological polar surface area (TPSA) is 131 Å². The first-order valence-electron chi connectivity index (χ1n) is 17.6. The zero-order valence-corrected chi connectivity index (χ0v) is 29.7. The van der Waals surface area contributed by atoms with Gasteiger partial charge in [-0.15, -0.1) is 24.5 Å². The van der Waals surface area contributed by atoms with Gasteiger partial charge < -0.3 is 29.5 Å². The van der Waals surface area contributed by atoms with E-state index in [1.165, 1.54) is 22.4 Å². The molecule has 278 valence electrons. The zero-order valence-electron chi connectivity index (χ0n) is 28.9. The standard InChI is InChI=1S/C34H48F3N5O7S/c1-21(48-15-22-6-9-47-10-7-22)27(31(46)40-8-4-5-23(13-40)16-49-34(35,36)37)39-28(43)25-14-41(30(45)26-12-38-20-50-26)17-33(25)18-42(19-33)29(44)24-11-32(24,2)3/h12,20-25,27H,4-11,13-19H2,1-3H3,(H,39,43)/t21-,23+,24-,25+,27+/m1/s1. The Kier molecular flexibility index (Phi) is 10.8. The molecule has 1 aromatic rings. The SMILES string of the molecule is C[C@@H](OCC1CCOCC1)[C@H](NC(=O)[C@@H]1CN(C(=O)c2cncs2)CC12CN(C(=O)[C@H]1CC1(C)C)C2)C(=O)N1CCC[C@H](COC(F)(F)F)C1. The Balaban J connectivity index is 1.19. The molecule has 5 aliphatic rings. The summed E-state index contributed by atoms with van der Waals surface area (Å²) in [5.41, 5.74) is 0.827. The molecule has 6 rings (SSSR count). The van der Waals surface area contributed by atoms with Crippen LogP contribution in [0.3, 0.4) is 0 Å². The molecule has 16 heteroatoms. The van der Waals surface area contributed by atoms with Crippen molar-refractivity contribution >= 4 is 35.0 Å². The first-order valence-corrected chi connectivity index (χ1v) is 18.5. The number of likely N-dealkylation sites (tertiary alicyclic amines) is 3. The molecular formula is C34H48F3N5O7S. The number of halogens is 3. The van der Waals surface area contributed by atoms with Crippen LogP contribution in [0.2, 0.25) is 0 Å². The Morgan fingerprint density at radius 2 is 1.72 bits per heavy atom. The van der Waals surface area contributed by atoms with Crippen LogP contribution in [-0.2, 0) is 28.6 Å². The minimum Gasteiger partial charge on any atom is -0.381 e. The molecular weight excluding hydrogens is 679 g/mol. The summed E-state index contributed by atoms with van der Waals surface area (Å²) in [6.45, 7) is 8.32. The summed E-state index contributed by atoms with van der Waals surface area (Å²) < 4.78 is 54.2. The van der Waals surface area contributed by atoms with Gasteiger partial charge in [0.05, 0.1) is 36.9 Å². The van der Waals surface area contributed by atoms with Gasteiger partial charge in [-0.25, -0.2) is 0 Å². The number of alkyl halides is 3. The smallest absolute Gasteiger partial charge is 0.381 e. The van der Waals surface area contributed by atoms with E-state index in [1.54, 1.807) is 22.2 Å². The number of aromatic nitrogens is 1. The van der Waals surface area contributed by atoms with Crippen LogP contribution in [0.1, 0.15) is 62.5 Å². The summed E-state index contributed by atoms with van der Waals surface area (Å²) >= 11 is 1.21. The highest BCUT2D eigenvalue weighted by molar-refractivity contribution is 7.11. The predicted molar refractivity (Wildman–Crippen MR) is 175 cm³/mol. The number of piperidine rings is 1. The predicted octanol–water partition coefficient (Wildman–Crippen LogP) is 3.18. The quantitative estimate of drug-likeness (QED) is 0.368. The first-order chi connectivity index (χ1) is 23.7. The van der Waals surface area contributed by atoms with Crippen LogP contribution in [0.25, 0.3) is 0 Å². The van der Waals surface area contributed by atoms with E-state index in [9.17, 15) is 32.3 Å². The normalized spacial score (nSPS) is 27.5. The molecule has 5 atom stereocenters. The van der Waals surface area contributed by atoms with Crippen LogP contribution in [0.4, 0.5) is 13.2 Å². The second-order valence-electron chi connectivity index (χ2n) is 15.5. The number of rotatable bonds is 11. The maximum atomic E-state index is 14.4. The summed E-state index contributed by atoms with van der Waals surface area (Å²) in [4.78, 5) is 64.7. The number of hydrogen-bond acceptors (Lipinski definition) is 9. The third-order valence-electron chi connectivity index (χ3n) is 11.3. The van der Waals surface area contributed by atoms with Crippen LogP contribution < -0.4 is 5.32 Å². The second-order valence-corrected chi connectivity index (χ2v) is 16.4. The fourth-order valence-corrected chi connectivity index (χ4v) is 8.59. The van der Waals surface area contributed by atoms with Crippen molar-refractivity contribution in [3.8, 4) is 0 Å². The van der Waals surface area contributed by atoms with Gasteiger partial charge in [-0.05, 0) is 50.4 Å². The molecule has 5 fully saturated rings. The number of ether oxygens (including phenoxy) is 3. The monoisotopic (exact) mass is 727 g/mol. The molecule has 1 aliphatic carbocycles. The van der Waals surface area contributed by atoms with Crippen molar-refractivity contribution < 1.29 is 46.6 Å². The van der Waals surface area contributed by atoms with Crippen molar-refractivity contribution in [3.05, 3.63) is 16.6 Å². The molecule has 0 aromatic carbocycles. The van der Waals surface area contributed by atoms with E-state index in [1.807, 2.05) is 0 Å². The molecule has 0 radical (unpaired) electrons. The number of nitrogens with one attached hydrogen (secondary N) is 1. The molecule has 1 saturated carbocycles. The number of carbonyl (C=O) groups is 4. The van der Waals surface area contributed by atoms with E-state index in [4.69, 9.17) is 9.47 Å². The van der Waals surface area contributed by atoms with Gasteiger partial charge in [0.2, 0.25) is 17.7 Å². The Labute approximate surface area is 294 Å². The van der Waals surface area contributed by atoms with E-state index in [-0.39, 0.29) is 48.7 Å². The van der Waals surface area contributed by atoms with E-state index < -0.39 is 54.2 Å². The summed E-state index contributed by atoms with van der Waals surface area (Å²) in [5, 5.41) is 2.98. The van der Waals surface area contributed by atoms with Gasteiger partial charge in [0.25, 0.3) is 5.91 Å². The number of hydrogen-bond donors (Lipinski definition) is 1. The highest BCUT2D eigenvalue weighted by Crippen LogP contribution is 2.54. The van der Waals surface area contributed by atoms with Gasteiger partial charge in [-0.3, -0.25) is 28.9 Å². The van der Waals surface area contributed by atoms with E-state index in [2.05, 4.69) is 28.9 Å². The van der Waals surface area contributed by atoms with Gasteiger partial charge in [-0.1, -0.05) is 13.8 Å². The molecule has 4 amide bonds. The van der Waals surface area contributed by atoms with Crippen LogP contribution in [-0.4, -0.2) is 128 Å². The Hall–Kier alpha value is -2.82. The minimum absolute atomic E-state index is 0.0544. The van der Waals surface area contributed by atoms with Crippen molar-refractivity contribution in [2.75, 3.05) is 65.7 Å². The lowest BCUT2D eigenvalue weighted by molar-refractivity contribution is -0.329. The van der Waals surface area contributed by atoms with E-state index in [0.717, 1.165) is 19.3 Å². The maximum Gasteiger partial charge on any atom is 0.522 e. The Morgan fingerprint density at radius 3 is 2.36 bits per heavy atom. The van der Waals surface area contributed by atoms with Crippen molar-refractivity contribution in [1.82, 2.24) is 25.0 Å². The lowest BCUT2D eigenvalue weighted by Crippen LogP contribution is -2.65. The third kappa shape index (κ3) is 8.28. The van der Waals surface area contributed by atoms with Crippen molar-refractivity contribution in [2.45, 2.75) is 71.4 Å². The minimum atomic E-state index is -4.77. The van der Waals surface area contributed by atoms with Crippen molar-refractivity contribution in [1.29, 1.82) is 0 Å². The molecule has 12 nitrogen and oxygen atoms in total. The molecule has 0 unspecified atom stereocenters. The number of carbonyl (C=O) groups excluding carboxylic acids is 4. The van der Waals surface area contributed by atoms with Gasteiger partial charge >= 0.3 is 6.36 Å². The van der Waals surface area contributed by atoms with E-state index >= 15 is 0 Å². The summed E-state index contributed by atoms with van der Waals surface area (Å²) in [5.74, 6) is -2.07. The summed E-state index contributed by atoms with van der Waals surface area (Å²) in [7, 11) is 0. The Morgan fingerprint density at radius 1 is 1.02 bits per heavy atom. The van der Waals surface area contributed by atoms with Crippen LogP contribution in [0.5, 0.6) is 0 Å². The fourth-order valence-electron chi connectivity index (χ4n) is 8.00. The lowest BCUT2D eigenvalue weighted by Gasteiger charge is -2.50. The van der Waals surface area contributed by atoms with Gasteiger partial charge in [0, 0.05) is 69.7 Å². The van der Waals surface area contributed by atoms with Crippen LogP contribution in [0, 0.1) is 34.5 Å². The molecule has 4 aliphatic heterocycles. The second kappa shape index (κ2) is 14.7. The molecule has 4 saturated heterocycles. The van der Waals surface area contributed by atoms with E-state index in [0.29, 0.717) is 57.2 Å². The fraction of sp³-hybridized carbons (Fsp3) is 0.794. The highest BCUT2D eigenvalue weighted by atomic mass is 32.1.